The molecule has 0 aromatic heterocycles. The standard InChI is InChI=1S/C13H17N3O3/c1-13(14,10-6-7-10)12(17)15-8-9-4-2-3-5-11(9)16(18)19/h2-5,10H,6-8,14H2,1H3,(H,15,17). The Bertz CT molecular complexity index is 510. The predicted molar refractivity (Wildman–Crippen MR) is 70.3 cm³/mol. The maximum absolute atomic E-state index is 12.0. The molecule has 1 saturated carbocycles. The summed E-state index contributed by atoms with van der Waals surface area (Å²) < 4.78 is 0. The van der Waals surface area contributed by atoms with Gasteiger partial charge < -0.3 is 11.1 Å². The lowest BCUT2D eigenvalue weighted by Crippen LogP contribution is -2.53. The molecule has 1 aromatic rings. The fraction of sp³-hybridized carbons (Fsp3) is 0.462. The van der Waals surface area contributed by atoms with E-state index >= 15 is 0 Å². The third-order valence-corrected chi connectivity index (χ3v) is 3.54. The number of nitro groups is 1. The molecule has 0 saturated heterocycles. The number of hydrogen-bond acceptors (Lipinski definition) is 4. The van der Waals surface area contributed by atoms with E-state index in [9.17, 15) is 14.9 Å². The Morgan fingerprint density at radius 3 is 2.74 bits per heavy atom. The van der Waals surface area contributed by atoms with E-state index in [0.29, 0.717) is 5.56 Å². The van der Waals surface area contributed by atoms with E-state index in [-0.39, 0.29) is 24.1 Å². The monoisotopic (exact) mass is 263 g/mol. The van der Waals surface area contributed by atoms with Crippen molar-refractivity contribution in [2.45, 2.75) is 31.8 Å². The molecule has 1 unspecified atom stereocenters. The van der Waals surface area contributed by atoms with Gasteiger partial charge in [0, 0.05) is 18.2 Å². The Morgan fingerprint density at radius 1 is 1.53 bits per heavy atom. The van der Waals surface area contributed by atoms with Crippen LogP contribution >= 0.6 is 0 Å². The van der Waals surface area contributed by atoms with Gasteiger partial charge in [-0.1, -0.05) is 18.2 Å². The smallest absolute Gasteiger partial charge is 0.274 e. The summed E-state index contributed by atoms with van der Waals surface area (Å²) in [6, 6.07) is 6.35. The molecular weight excluding hydrogens is 246 g/mol. The summed E-state index contributed by atoms with van der Waals surface area (Å²) >= 11 is 0. The Hall–Kier alpha value is -1.95. The van der Waals surface area contributed by atoms with Crippen molar-refractivity contribution >= 4 is 11.6 Å². The van der Waals surface area contributed by atoms with Crippen LogP contribution in [0, 0.1) is 16.0 Å². The number of nitrogens with zero attached hydrogens (tertiary/aromatic N) is 1. The van der Waals surface area contributed by atoms with Crippen LogP contribution in [0.2, 0.25) is 0 Å². The van der Waals surface area contributed by atoms with E-state index in [1.54, 1.807) is 25.1 Å². The molecule has 6 heteroatoms. The molecule has 1 aliphatic rings. The van der Waals surface area contributed by atoms with Crippen molar-refractivity contribution in [3.05, 3.63) is 39.9 Å². The topological polar surface area (TPSA) is 98.3 Å². The highest BCUT2D eigenvalue weighted by molar-refractivity contribution is 5.86. The number of carbonyl (C=O) groups is 1. The lowest BCUT2D eigenvalue weighted by molar-refractivity contribution is -0.385. The summed E-state index contributed by atoms with van der Waals surface area (Å²) in [5.74, 6) is -0.0357. The van der Waals surface area contributed by atoms with Crippen LogP contribution in [0.1, 0.15) is 25.3 Å². The predicted octanol–water partition coefficient (Wildman–Crippen LogP) is 1.34. The summed E-state index contributed by atoms with van der Waals surface area (Å²) in [5, 5.41) is 13.5. The molecule has 3 N–H and O–H groups in total. The minimum atomic E-state index is -0.885. The van der Waals surface area contributed by atoms with Gasteiger partial charge in [-0.3, -0.25) is 14.9 Å². The molecule has 0 heterocycles. The first kappa shape index (κ1) is 13.5. The second-order valence-electron chi connectivity index (χ2n) is 5.13. The summed E-state index contributed by atoms with van der Waals surface area (Å²) in [6.45, 7) is 1.83. The van der Waals surface area contributed by atoms with Crippen LogP contribution in [-0.2, 0) is 11.3 Å². The minimum Gasteiger partial charge on any atom is -0.350 e. The summed E-state index contributed by atoms with van der Waals surface area (Å²) in [4.78, 5) is 22.4. The molecular formula is C13H17N3O3. The maximum Gasteiger partial charge on any atom is 0.274 e. The highest BCUT2D eigenvalue weighted by atomic mass is 16.6. The first-order valence-electron chi connectivity index (χ1n) is 6.22. The van der Waals surface area contributed by atoms with Gasteiger partial charge in [-0.15, -0.1) is 0 Å². The Morgan fingerprint density at radius 2 is 2.16 bits per heavy atom. The molecule has 102 valence electrons. The van der Waals surface area contributed by atoms with Crippen molar-refractivity contribution in [2.24, 2.45) is 11.7 Å². The molecule has 1 aliphatic carbocycles. The summed E-state index contributed by atoms with van der Waals surface area (Å²) in [5.41, 5.74) is 5.58. The largest absolute Gasteiger partial charge is 0.350 e. The first-order valence-corrected chi connectivity index (χ1v) is 6.22. The van der Waals surface area contributed by atoms with Gasteiger partial charge in [0.2, 0.25) is 5.91 Å². The molecule has 1 amide bonds. The number of nitrogens with one attached hydrogen (secondary N) is 1. The number of benzene rings is 1. The summed E-state index contributed by atoms with van der Waals surface area (Å²) in [6.07, 6.45) is 1.93. The van der Waals surface area contributed by atoms with E-state index in [1.807, 2.05) is 0 Å². The third-order valence-electron chi connectivity index (χ3n) is 3.54. The van der Waals surface area contributed by atoms with Crippen LogP contribution < -0.4 is 11.1 Å². The van der Waals surface area contributed by atoms with E-state index in [1.165, 1.54) is 6.07 Å². The fourth-order valence-corrected chi connectivity index (χ4v) is 2.07. The van der Waals surface area contributed by atoms with Crippen molar-refractivity contribution < 1.29 is 9.72 Å². The number of rotatable bonds is 5. The number of amides is 1. The summed E-state index contributed by atoms with van der Waals surface area (Å²) in [7, 11) is 0. The lowest BCUT2D eigenvalue weighted by Gasteiger charge is -2.23. The second kappa shape index (κ2) is 4.97. The zero-order chi connectivity index (χ0) is 14.0. The van der Waals surface area contributed by atoms with Crippen molar-refractivity contribution in [2.75, 3.05) is 0 Å². The van der Waals surface area contributed by atoms with Gasteiger partial charge in [0.15, 0.2) is 0 Å². The van der Waals surface area contributed by atoms with Crippen LogP contribution in [0.25, 0.3) is 0 Å². The Kier molecular flexibility index (Phi) is 3.53. The van der Waals surface area contributed by atoms with E-state index < -0.39 is 10.5 Å². The molecule has 1 fully saturated rings. The lowest BCUT2D eigenvalue weighted by atomic mass is 9.96. The molecule has 0 radical (unpaired) electrons. The molecule has 0 aliphatic heterocycles. The van der Waals surface area contributed by atoms with Crippen molar-refractivity contribution in [3.8, 4) is 0 Å². The van der Waals surface area contributed by atoms with Crippen LogP contribution in [0.5, 0.6) is 0 Å². The van der Waals surface area contributed by atoms with E-state index in [4.69, 9.17) is 5.73 Å². The van der Waals surface area contributed by atoms with E-state index in [0.717, 1.165) is 12.8 Å². The van der Waals surface area contributed by atoms with E-state index in [2.05, 4.69) is 5.32 Å². The highest BCUT2D eigenvalue weighted by Gasteiger charge is 2.43. The van der Waals surface area contributed by atoms with Crippen LogP contribution in [0.3, 0.4) is 0 Å². The minimum absolute atomic E-state index is 0.00736. The van der Waals surface area contributed by atoms with Crippen LogP contribution in [0.4, 0.5) is 5.69 Å². The Labute approximate surface area is 111 Å². The van der Waals surface area contributed by atoms with Gasteiger partial charge in [-0.25, -0.2) is 0 Å². The quantitative estimate of drug-likeness (QED) is 0.618. The normalized spacial score (nSPS) is 17.6. The van der Waals surface area contributed by atoms with Gasteiger partial charge in [-0.05, 0) is 25.7 Å². The molecule has 6 nitrogen and oxygen atoms in total. The number of para-hydroxylation sites is 1. The number of nitrogens with two attached hydrogens (primary N) is 1. The molecule has 1 aromatic carbocycles. The average molecular weight is 263 g/mol. The SMILES string of the molecule is CC(N)(C(=O)NCc1ccccc1[N+](=O)[O-])C1CC1. The average Bonchev–Trinajstić information content (AvgIpc) is 3.20. The van der Waals surface area contributed by atoms with Crippen LogP contribution in [-0.4, -0.2) is 16.4 Å². The molecule has 19 heavy (non-hydrogen) atoms. The molecule has 1 atom stereocenters. The van der Waals surface area contributed by atoms with Gasteiger partial charge >= 0.3 is 0 Å². The molecule has 0 spiro atoms. The van der Waals surface area contributed by atoms with Crippen LogP contribution in [0.15, 0.2) is 24.3 Å². The highest BCUT2D eigenvalue weighted by Crippen LogP contribution is 2.38. The van der Waals surface area contributed by atoms with Crippen molar-refractivity contribution in [1.82, 2.24) is 5.32 Å². The Balaban J connectivity index is 2.03. The zero-order valence-electron chi connectivity index (χ0n) is 10.8. The fourth-order valence-electron chi connectivity index (χ4n) is 2.07. The third kappa shape index (κ3) is 2.90. The van der Waals surface area contributed by atoms with Crippen molar-refractivity contribution in [3.63, 3.8) is 0 Å². The van der Waals surface area contributed by atoms with Gasteiger partial charge in [0.05, 0.1) is 10.5 Å². The second-order valence-corrected chi connectivity index (χ2v) is 5.13. The first-order chi connectivity index (χ1) is 8.93. The number of hydrogen-bond donors (Lipinski definition) is 2. The number of carbonyl (C=O) groups excluding carboxylic acids is 1. The zero-order valence-corrected chi connectivity index (χ0v) is 10.8. The molecule has 2 rings (SSSR count). The van der Waals surface area contributed by atoms with Gasteiger partial charge in [-0.2, -0.15) is 0 Å². The number of nitro benzene ring substituents is 1. The van der Waals surface area contributed by atoms with Crippen molar-refractivity contribution in [1.29, 1.82) is 0 Å². The van der Waals surface area contributed by atoms with Gasteiger partial charge in [0.25, 0.3) is 5.69 Å². The maximum atomic E-state index is 12.0. The van der Waals surface area contributed by atoms with Gasteiger partial charge in [0.1, 0.15) is 0 Å². The molecule has 0 bridgehead atoms.